The van der Waals surface area contributed by atoms with E-state index in [1.165, 1.54) is 0 Å². The molecule has 18 heavy (non-hydrogen) atoms. The molecule has 1 aromatic heterocycles. The number of nitrogens with zero attached hydrogens (tertiary/aromatic N) is 2. The average Bonchev–Trinajstić information content (AvgIpc) is 2.89. The van der Waals surface area contributed by atoms with E-state index in [9.17, 15) is 0 Å². The van der Waals surface area contributed by atoms with Gasteiger partial charge in [-0.2, -0.15) is 0 Å². The van der Waals surface area contributed by atoms with Crippen LogP contribution in [0.1, 0.15) is 18.9 Å². The lowest BCUT2D eigenvalue weighted by molar-refractivity contribution is 0.316. The molecule has 0 aliphatic heterocycles. The van der Waals surface area contributed by atoms with Gasteiger partial charge in [-0.3, -0.25) is 0 Å². The molecular formula is C15H18N2O. The molecule has 0 amide bonds. The molecule has 0 atom stereocenters. The monoisotopic (exact) mass is 242 g/mol. The summed E-state index contributed by atoms with van der Waals surface area (Å²) in [6, 6.07) is 8.03. The Morgan fingerprint density at radius 2 is 2.22 bits per heavy atom. The molecule has 3 nitrogen and oxygen atoms in total. The Kier molecular flexibility index (Phi) is 4.18. The van der Waals surface area contributed by atoms with Crippen molar-refractivity contribution in [3.8, 4) is 5.75 Å². The molecule has 0 aliphatic carbocycles. The summed E-state index contributed by atoms with van der Waals surface area (Å²) in [4.78, 5) is 4.03. The number of imidazole rings is 1. The van der Waals surface area contributed by atoms with Crippen LogP contribution in [0.4, 0.5) is 0 Å². The van der Waals surface area contributed by atoms with Gasteiger partial charge in [0.1, 0.15) is 5.75 Å². The fourth-order valence-corrected chi connectivity index (χ4v) is 1.78. The smallest absolute Gasteiger partial charge is 0.126 e. The molecule has 0 aliphatic rings. The van der Waals surface area contributed by atoms with Crippen LogP contribution in [-0.2, 0) is 6.54 Å². The predicted octanol–water partition coefficient (Wildman–Crippen LogP) is 3.39. The molecule has 0 saturated heterocycles. The lowest BCUT2D eigenvalue weighted by atomic mass is 10.1. The third-order valence-corrected chi connectivity index (χ3v) is 2.66. The lowest BCUT2D eigenvalue weighted by Crippen LogP contribution is -2.01. The van der Waals surface area contributed by atoms with Gasteiger partial charge in [-0.15, -0.1) is 0 Å². The van der Waals surface area contributed by atoms with Crippen LogP contribution in [0.5, 0.6) is 5.75 Å². The molecule has 0 fully saturated rings. The van der Waals surface area contributed by atoms with Crippen molar-refractivity contribution >= 4 is 5.57 Å². The van der Waals surface area contributed by atoms with Gasteiger partial charge in [0.05, 0.1) is 12.9 Å². The van der Waals surface area contributed by atoms with Crippen LogP contribution >= 0.6 is 0 Å². The minimum absolute atomic E-state index is 0.729. The Morgan fingerprint density at radius 1 is 1.39 bits per heavy atom. The van der Waals surface area contributed by atoms with Crippen molar-refractivity contribution in [3.05, 3.63) is 55.1 Å². The highest BCUT2D eigenvalue weighted by Crippen LogP contribution is 2.26. The molecule has 1 aromatic carbocycles. The Morgan fingerprint density at radius 3 is 2.94 bits per heavy atom. The van der Waals surface area contributed by atoms with Crippen molar-refractivity contribution in [1.82, 2.24) is 9.55 Å². The van der Waals surface area contributed by atoms with Gasteiger partial charge >= 0.3 is 0 Å². The molecule has 0 radical (unpaired) electrons. The van der Waals surface area contributed by atoms with Gasteiger partial charge in [0, 0.05) is 24.5 Å². The molecular weight excluding hydrogens is 224 g/mol. The largest absolute Gasteiger partial charge is 0.493 e. The fraction of sp³-hybridized carbons (Fsp3) is 0.267. The van der Waals surface area contributed by atoms with Crippen LogP contribution in [0.15, 0.2) is 49.6 Å². The van der Waals surface area contributed by atoms with Gasteiger partial charge < -0.3 is 9.30 Å². The number of hydrogen-bond acceptors (Lipinski definition) is 2. The van der Waals surface area contributed by atoms with Crippen LogP contribution in [0.25, 0.3) is 5.57 Å². The number of allylic oxidation sites excluding steroid dienone is 1. The van der Waals surface area contributed by atoms with E-state index in [0.717, 1.165) is 36.5 Å². The van der Waals surface area contributed by atoms with E-state index in [0.29, 0.717) is 0 Å². The van der Waals surface area contributed by atoms with Gasteiger partial charge in [0.15, 0.2) is 0 Å². The molecule has 2 aromatic rings. The summed E-state index contributed by atoms with van der Waals surface area (Å²) in [7, 11) is 0. The zero-order chi connectivity index (χ0) is 12.8. The maximum Gasteiger partial charge on any atom is 0.126 e. The van der Waals surface area contributed by atoms with Crippen molar-refractivity contribution in [3.63, 3.8) is 0 Å². The van der Waals surface area contributed by atoms with E-state index in [1.807, 2.05) is 35.0 Å². The summed E-state index contributed by atoms with van der Waals surface area (Å²) in [5, 5.41) is 0. The number of aromatic nitrogens is 2. The Hall–Kier alpha value is -2.03. The second kappa shape index (κ2) is 6.05. The molecule has 0 spiro atoms. The summed E-state index contributed by atoms with van der Waals surface area (Å²) in [6.07, 6.45) is 6.50. The van der Waals surface area contributed by atoms with Gasteiger partial charge in [0.25, 0.3) is 0 Å². The number of para-hydroxylation sites is 1. The minimum atomic E-state index is 0.729. The molecule has 0 unspecified atom stereocenters. The van der Waals surface area contributed by atoms with Crippen LogP contribution in [-0.4, -0.2) is 16.2 Å². The standard InChI is InChI=1S/C15H18N2O/c1-3-10-18-15-7-5-4-6-14(15)13(2)11-17-9-8-16-12-17/h4-9,12H,2-3,10-11H2,1H3. The van der Waals surface area contributed by atoms with Crippen molar-refractivity contribution in [2.24, 2.45) is 0 Å². The van der Waals surface area contributed by atoms with E-state index >= 15 is 0 Å². The topological polar surface area (TPSA) is 27.1 Å². The normalized spacial score (nSPS) is 10.3. The number of ether oxygens (including phenoxy) is 1. The maximum atomic E-state index is 5.74. The molecule has 94 valence electrons. The first-order valence-corrected chi connectivity index (χ1v) is 6.17. The van der Waals surface area contributed by atoms with Crippen molar-refractivity contribution in [2.75, 3.05) is 6.61 Å². The Labute approximate surface area is 108 Å². The second-order valence-electron chi connectivity index (χ2n) is 4.18. The number of benzene rings is 1. The van der Waals surface area contributed by atoms with E-state index in [2.05, 4.69) is 18.5 Å². The minimum Gasteiger partial charge on any atom is -0.493 e. The van der Waals surface area contributed by atoms with Crippen LogP contribution < -0.4 is 4.74 Å². The molecule has 0 bridgehead atoms. The SMILES string of the molecule is C=C(Cn1ccnc1)c1ccccc1OCCC. The third-order valence-electron chi connectivity index (χ3n) is 2.66. The van der Waals surface area contributed by atoms with Gasteiger partial charge in [0.2, 0.25) is 0 Å². The highest BCUT2D eigenvalue weighted by Gasteiger charge is 2.06. The Balaban J connectivity index is 2.13. The number of hydrogen-bond donors (Lipinski definition) is 0. The molecule has 0 N–H and O–H groups in total. The van der Waals surface area contributed by atoms with E-state index in [4.69, 9.17) is 4.74 Å². The van der Waals surface area contributed by atoms with Crippen molar-refractivity contribution in [2.45, 2.75) is 19.9 Å². The van der Waals surface area contributed by atoms with Gasteiger partial charge in [-0.1, -0.05) is 31.7 Å². The first-order valence-electron chi connectivity index (χ1n) is 6.17. The zero-order valence-corrected chi connectivity index (χ0v) is 10.7. The fourth-order valence-electron chi connectivity index (χ4n) is 1.78. The van der Waals surface area contributed by atoms with Crippen LogP contribution in [0.3, 0.4) is 0 Å². The second-order valence-corrected chi connectivity index (χ2v) is 4.18. The van der Waals surface area contributed by atoms with Crippen LogP contribution in [0.2, 0.25) is 0 Å². The maximum absolute atomic E-state index is 5.74. The Bertz CT molecular complexity index is 503. The summed E-state index contributed by atoms with van der Waals surface area (Å²) < 4.78 is 7.74. The highest BCUT2D eigenvalue weighted by atomic mass is 16.5. The first kappa shape index (κ1) is 12.4. The average molecular weight is 242 g/mol. The summed E-state index contributed by atoms with van der Waals surface area (Å²) in [5.74, 6) is 0.907. The van der Waals surface area contributed by atoms with Crippen molar-refractivity contribution < 1.29 is 4.74 Å². The first-order chi connectivity index (χ1) is 8.81. The van der Waals surface area contributed by atoms with Crippen LogP contribution in [0, 0.1) is 0 Å². The predicted molar refractivity (Wildman–Crippen MR) is 73.5 cm³/mol. The molecule has 0 saturated carbocycles. The summed E-state index contributed by atoms with van der Waals surface area (Å²) in [6.45, 7) is 7.70. The molecule has 2 rings (SSSR count). The molecule has 3 heteroatoms. The summed E-state index contributed by atoms with van der Waals surface area (Å²) >= 11 is 0. The highest BCUT2D eigenvalue weighted by molar-refractivity contribution is 5.68. The van der Waals surface area contributed by atoms with E-state index in [-0.39, 0.29) is 0 Å². The quantitative estimate of drug-likeness (QED) is 0.776. The molecule has 1 heterocycles. The van der Waals surface area contributed by atoms with Gasteiger partial charge in [-0.25, -0.2) is 4.98 Å². The lowest BCUT2D eigenvalue weighted by Gasteiger charge is -2.13. The van der Waals surface area contributed by atoms with Crippen molar-refractivity contribution in [1.29, 1.82) is 0 Å². The number of rotatable bonds is 6. The van der Waals surface area contributed by atoms with E-state index in [1.54, 1.807) is 12.5 Å². The third kappa shape index (κ3) is 3.00. The summed E-state index contributed by atoms with van der Waals surface area (Å²) in [5.41, 5.74) is 2.10. The zero-order valence-electron chi connectivity index (χ0n) is 10.7. The van der Waals surface area contributed by atoms with E-state index < -0.39 is 0 Å². The van der Waals surface area contributed by atoms with Gasteiger partial charge in [-0.05, 0) is 18.1 Å².